The van der Waals surface area contributed by atoms with Crippen LogP contribution in [0.4, 0.5) is 10.1 Å². The van der Waals surface area contributed by atoms with Crippen molar-refractivity contribution in [3.8, 4) is 0 Å². The second-order valence-corrected chi connectivity index (χ2v) is 7.46. The molecule has 6 heteroatoms. The molecule has 0 aromatic heterocycles. The fourth-order valence-electron chi connectivity index (χ4n) is 3.53. The van der Waals surface area contributed by atoms with Crippen LogP contribution < -0.4 is 4.90 Å². The van der Waals surface area contributed by atoms with Crippen molar-refractivity contribution in [3.05, 3.63) is 30.1 Å². The number of carbonyl (C=O) groups excluding carboxylic acids is 2. The maximum atomic E-state index is 13.0. The number of anilines is 1. The van der Waals surface area contributed by atoms with Crippen LogP contribution in [-0.4, -0.2) is 54.5 Å². The Labute approximate surface area is 148 Å². The van der Waals surface area contributed by atoms with Gasteiger partial charge in [-0.1, -0.05) is 13.8 Å². The zero-order valence-corrected chi connectivity index (χ0v) is 15.0. The van der Waals surface area contributed by atoms with Crippen LogP contribution in [0.1, 0.15) is 33.1 Å². The molecule has 0 saturated carbocycles. The SMILES string of the molecule is CCC1(C)CC(=O)N(CN2CCN(c3ccc(F)cc3)CC2)C(=O)C1. The Morgan fingerprint density at radius 3 is 2.08 bits per heavy atom. The monoisotopic (exact) mass is 347 g/mol. The molecular formula is C19H26FN3O2. The van der Waals surface area contributed by atoms with Crippen molar-refractivity contribution >= 4 is 17.5 Å². The van der Waals surface area contributed by atoms with Gasteiger partial charge in [0.1, 0.15) is 5.82 Å². The average molecular weight is 347 g/mol. The highest BCUT2D eigenvalue weighted by Gasteiger charge is 2.39. The Morgan fingerprint density at radius 2 is 1.56 bits per heavy atom. The minimum Gasteiger partial charge on any atom is -0.369 e. The molecule has 0 bridgehead atoms. The van der Waals surface area contributed by atoms with Crippen molar-refractivity contribution in [1.82, 2.24) is 9.80 Å². The second-order valence-electron chi connectivity index (χ2n) is 7.46. The topological polar surface area (TPSA) is 43.9 Å². The van der Waals surface area contributed by atoms with Gasteiger partial charge in [0.2, 0.25) is 11.8 Å². The smallest absolute Gasteiger partial charge is 0.230 e. The summed E-state index contributed by atoms with van der Waals surface area (Å²) in [5, 5.41) is 0. The van der Waals surface area contributed by atoms with Gasteiger partial charge < -0.3 is 4.90 Å². The average Bonchev–Trinajstić information content (AvgIpc) is 2.59. The van der Waals surface area contributed by atoms with E-state index in [0.29, 0.717) is 19.5 Å². The molecule has 0 radical (unpaired) electrons. The maximum absolute atomic E-state index is 13.0. The lowest BCUT2D eigenvalue weighted by Gasteiger charge is -2.41. The zero-order chi connectivity index (χ0) is 18.0. The van der Waals surface area contributed by atoms with Gasteiger partial charge in [0.25, 0.3) is 0 Å². The number of carbonyl (C=O) groups is 2. The first-order chi connectivity index (χ1) is 11.9. The van der Waals surface area contributed by atoms with E-state index in [1.165, 1.54) is 17.0 Å². The van der Waals surface area contributed by atoms with Gasteiger partial charge in [0.15, 0.2) is 0 Å². The van der Waals surface area contributed by atoms with Crippen molar-refractivity contribution in [3.63, 3.8) is 0 Å². The Balaban J connectivity index is 1.54. The van der Waals surface area contributed by atoms with E-state index in [1.807, 2.05) is 13.8 Å². The number of benzene rings is 1. The Kier molecular flexibility index (Phi) is 5.08. The number of halogens is 1. The Morgan fingerprint density at radius 1 is 1.00 bits per heavy atom. The van der Waals surface area contributed by atoms with Crippen LogP contribution >= 0.6 is 0 Å². The fraction of sp³-hybridized carbons (Fsp3) is 0.579. The molecule has 2 saturated heterocycles. The van der Waals surface area contributed by atoms with Gasteiger partial charge in [-0.2, -0.15) is 0 Å². The van der Waals surface area contributed by atoms with Crippen LogP contribution in [0.15, 0.2) is 24.3 Å². The van der Waals surface area contributed by atoms with Gasteiger partial charge in [-0.3, -0.25) is 19.4 Å². The van der Waals surface area contributed by atoms with E-state index in [2.05, 4.69) is 9.80 Å². The van der Waals surface area contributed by atoms with Crippen molar-refractivity contribution in [1.29, 1.82) is 0 Å². The molecule has 2 aliphatic rings. The van der Waals surface area contributed by atoms with E-state index in [9.17, 15) is 14.0 Å². The van der Waals surface area contributed by atoms with Crippen LogP contribution in [0.2, 0.25) is 0 Å². The summed E-state index contributed by atoms with van der Waals surface area (Å²) in [6.07, 6.45) is 1.74. The zero-order valence-electron chi connectivity index (χ0n) is 15.0. The molecule has 0 spiro atoms. The molecule has 0 unspecified atom stereocenters. The molecule has 1 aromatic rings. The molecule has 0 aliphatic carbocycles. The summed E-state index contributed by atoms with van der Waals surface area (Å²) in [6.45, 7) is 7.59. The predicted molar refractivity (Wildman–Crippen MR) is 94.5 cm³/mol. The number of hydrogen-bond acceptors (Lipinski definition) is 4. The minimum atomic E-state index is -0.233. The fourth-order valence-corrected chi connectivity index (χ4v) is 3.53. The summed E-state index contributed by atoms with van der Waals surface area (Å²) in [7, 11) is 0. The summed E-state index contributed by atoms with van der Waals surface area (Å²) >= 11 is 0. The molecule has 25 heavy (non-hydrogen) atoms. The summed E-state index contributed by atoms with van der Waals surface area (Å²) in [6, 6.07) is 6.51. The molecule has 136 valence electrons. The number of piperazine rings is 1. The lowest BCUT2D eigenvalue weighted by Crippen LogP contribution is -2.55. The van der Waals surface area contributed by atoms with Crippen LogP contribution in [0, 0.1) is 11.2 Å². The van der Waals surface area contributed by atoms with E-state index < -0.39 is 0 Å². The van der Waals surface area contributed by atoms with Crippen molar-refractivity contribution in [2.75, 3.05) is 37.7 Å². The molecule has 3 rings (SSSR count). The van der Waals surface area contributed by atoms with Gasteiger partial charge in [0.05, 0.1) is 6.67 Å². The van der Waals surface area contributed by atoms with E-state index in [4.69, 9.17) is 0 Å². The van der Waals surface area contributed by atoms with E-state index in [0.717, 1.165) is 38.3 Å². The lowest BCUT2D eigenvalue weighted by molar-refractivity contribution is -0.155. The van der Waals surface area contributed by atoms with Crippen LogP contribution in [-0.2, 0) is 9.59 Å². The number of nitrogens with zero attached hydrogens (tertiary/aromatic N) is 3. The van der Waals surface area contributed by atoms with Gasteiger partial charge >= 0.3 is 0 Å². The summed E-state index contributed by atoms with van der Waals surface area (Å²) in [4.78, 5) is 30.6. The molecule has 2 aliphatic heterocycles. The van der Waals surface area contributed by atoms with Crippen LogP contribution in [0.3, 0.4) is 0 Å². The molecular weight excluding hydrogens is 321 g/mol. The first-order valence-electron chi connectivity index (χ1n) is 8.96. The van der Waals surface area contributed by atoms with Crippen molar-refractivity contribution in [2.24, 2.45) is 5.41 Å². The molecule has 5 nitrogen and oxygen atoms in total. The third kappa shape index (κ3) is 4.00. The van der Waals surface area contributed by atoms with Crippen molar-refractivity contribution < 1.29 is 14.0 Å². The highest BCUT2D eigenvalue weighted by molar-refractivity contribution is 5.98. The molecule has 0 atom stereocenters. The number of likely N-dealkylation sites (tertiary alicyclic amines) is 1. The summed E-state index contributed by atoms with van der Waals surface area (Å²) in [5.74, 6) is -0.341. The highest BCUT2D eigenvalue weighted by atomic mass is 19.1. The number of piperidine rings is 1. The normalized spacial score (nSPS) is 21.7. The molecule has 0 N–H and O–H groups in total. The maximum Gasteiger partial charge on any atom is 0.230 e. The highest BCUT2D eigenvalue weighted by Crippen LogP contribution is 2.35. The quantitative estimate of drug-likeness (QED) is 0.785. The van der Waals surface area contributed by atoms with E-state index in [-0.39, 0.29) is 23.0 Å². The van der Waals surface area contributed by atoms with Gasteiger partial charge in [-0.15, -0.1) is 0 Å². The Bertz CT molecular complexity index is 621. The van der Waals surface area contributed by atoms with Gasteiger partial charge in [-0.05, 0) is 36.1 Å². The number of rotatable bonds is 4. The third-order valence-corrected chi connectivity index (χ3v) is 5.52. The minimum absolute atomic E-state index is 0.0541. The molecule has 2 amide bonds. The lowest BCUT2D eigenvalue weighted by atomic mass is 9.77. The molecule has 1 aromatic carbocycles. The second kappa shape index (κ2) is 7.12. The predicted octanol–water partition coefficient (Wildman–Crippen LogP) is 2.47. The third-order valence-electron chi connectivity index (χ3n) is 5.52. The first kappa shape index (κ1) is 17.9. The summed E-state index contributed by atoms with van der Waals surface area (Å²) in [5.41, 5.74) is 0.816. The van der Waals surface area contributed by atoms with Crippen LogP contribution in [0.5, 0.6) is 0 Å². The molecule has 2 fully saturated rings. The van der Waals surface area contributed by atoms with E-state index in [1.54, 1.807) is 12.1 Å². The number of hydrogen-bond donors (Lipinski definition) is 0. The Hall–Kier alpha value is -1.95. The standard InChI is InChI=1S/C19H26FN3O2/c1-3-19(2)12-17(24)23(18(25)13-19)14-21-8-10-22(11-9-21)16-6-4-15(20)5-7-16/h4-7H,3,8-14H2,1-2H3. The van der Waals surface area contributed by atoms with Gasteiger partial charge in [0, 0.05) is 44.7 Å². The first-order valence-corrected chi connectivity index (χ1v) is 8.96. The largest absolute Gasteiger partial charge is 0.369 e. The number of amides is 2. The van der Waals surface area contributed by atoms with Crippen molar-refractivity contribution in [2.45, 2.75) is 33.1 Å². The summed E-state index contributed by atoms with van der Waals surface area (Å²) < 4.78 is 13.0. The molecule has 2 heterocycles. The van der Waals surface area contributed by atoms with E-state index >= 15 is 0 Å². The van der Waals surface area contributed by atoms with Gasteiger partial charge in [-0.25, -0.2) is 4.39 Å². The number of imide groups is 1. The van der Waals surface area contributed by atoms with Crippen LogP contribution in [0.25, 0.3) is 0 Å².